The second kappa shape index (κ2) is 12.5. The average Bonchev–Trinajstić information content (AvgIpc) is 2.75. The highest BCUT2D eigenvalue weighted by molar-refractivity contribution is 5.88. The molecular weight excluding hydrogens is 364 g/mol. The summed E-state index contributed by atoms with van der Waals surface area (Å²) in [7, 11) is 0. The molecule has 2 fully saturated rings. The van der Waals surface area contributed by atoms with Gasteiger partial charge in [0, 0.05) is 38.6 Å². The molecule has 0 unspecified atom stereocenters. The van der Waals surface area contributed by atoms with Crippen molar-refractivity contribution in [2.75, 3.05) is 45.8 Å². The van der Waals surface area contributed by atoms with E-state index in [9.17, 15) is 9.59 Å². The minimum atomic E-state index is -0.417. The summed E-state index contributed by atoms with van der Waals surface area (Å²) in [6.45, 7) is 16.0. The van der Waals surface area contributed by atoms with Crippen LogP contribution in [0.3, 0.4) is 0 Å². The van der Waals surface area contributed by atoms with Gasteiger partial charge in [0.15, 0.2) is 0 Å². The molecular formula is C23H44N4O2. The fraction of sp³-hybridized carbons (Fsp3) is 0.913. The Morgan fingerprint density at radius 1 is 1.00 bits per heavy atom. The van der Waals surface area contributed by atoms with E-state index in [1.807, 2.05) is 0 Å². The molecule has 0 radical (unpaired) electrons. The van der Waals surface area contributed by atoms with Crippen LogP contribution in [0, 0.1) is 17.8 Å². The summed E-state index contributed by atoms with van der Waals surface area (Å²) in [5, 5.41) is 6.17. The van der Waals surface area contributed by atoms with Gasteiger partial charge < -0.3 is 20.4 Å². The van der Waals surface area contributed by atoms with Gasteiger partial charge in [-0.3, -0.25) is 9.59 Å². The minimum absolute atomic E-state index is 0.0207. The topological polar surface area (TPSA) is 64.7 Å². The predicted octanol–water partition coefficient (Wildman–Crippen LogP) is 2.49. The third-order valence-electron chi connectivity index (χ3n) is 7.04. The number of amides is 2. The van der Waals surface area contributed by atoms with Gasteiger partial charge >= 0.3 is 0 Å². The summed E-state index contributed by atoms with van der Waals surface area (Å²) in [6, 6.07) is -0.417. The van der Waals surface area contributed by atoms with Crippen molar-refractivity contribution in [2.24, 2.45) is 17.8 Å². The predicted molar refractivity (Wildman–Crippen MR) is 119 cm³/mol. The van der Waals surface area contributed by atoms with E-state index < -0.39 is 6.04 Å². The maximum absolute atomic E-state index is 12.8. The van der Waals surface area contributed by atoms with E-state index in [1.54, 1.807) is 0 Å². The number of nitrogens with one attached hydrogen (secondary N) is 2. The molecule has 0 aromatic rings. The zero-order valence-electron chi connectivity index (χ0n) is 19.2. The van der Waals surface area contributed by atoms with Crippen LogP contribution in [0.4, 0.5) is 0 Å². The molecule has 2 rings (SSSR count). The molecule has 1 saturated carbocycles. The Balaban J connectivity index is 1.73. The number of hydrogen-bond donors (Lipinski definition) is 2. The number of nitrogens with zero attached hydrogens (tertiary/aromatic N) is 2. The molecule has 6 heteroatoms. The molecule has 1 aliphatic heterocycles. The molecule has 6 nitrogen and oxygen atoms in total. The van der Waals surface area contributed by atoms with Crippen LogP contribution in [0.2, 0.25) is 0 Å². The van der Waals surface area contributed by atoms with Gasteiger partial charge in [-0.15, -0.1) is 0 Å². The van der Waals surface area contributed by atoms with Gasteiger partial charge in [0.25, 0.3) is 0 Å². The highest BCUT2D eigenvalue weighted by Gasteiger charge is 2.30. The average molecular weight is 409 g/mol. The SMILES string of the molecule is CC[C@@H](C)[C@@H](NC(=O)C1CCC(C)CC1)C(=O)NCCCN1CCN(CC)CC1. The molecule has 2 atom stereocenters. The monoisotopic (exact) mass is 408 g/mol. The van der Waals surface area contributed by atoms with Crippen molar-refractivity contribution in [1.29, 1.82) is 0 Å². The van der Waals surface area contributed by atoms with Crippen LogP contribution in [0.5, 0.6) is 0 Å². The maximum Gasteiger partial charge on any atom is 0.242 e. The molecule has 1 heterocycles. The van der Waals surface area contributed by atoms with Crippen molar-refractivity contribution in [2.45, 2.75) is 72.3 Å². The van der Waals surface area contributed by atoms with E-state index in [0.29, 0.717) is 6.54 Å². The first kappa shape index (κ1) is 24.1. The summed E-state index contributed by atoms with van der Waals surface area (Å²) >= 11 is 0. The number of carbonyl (C=O) groups is 2. The van der Waals surface area contributed by atoms with Crippen molar-refractivity contribution in [1.82, 2.24) is 20.4 Å². The number of rotatable bonds is 10. The van der Waals surface area contributed by atoms with Gasteiger partial charge in [-0.05, 0) is 57.0 Å². The minimum Gasteiger partial charge on any atom is -0.354 e. The van der Waals surface area contributed by atoms with E-state index in [2.05, 4.69) is 48.1 Å². The first-order chi connectivity index (χ1) is 13.9. The lowest BCUT2D eigenvalue weighted by molar-refractivity contribution is -0.133. The lowest BCUT2D eigenvalue weighted by Gasteiger charge is -2.34. The first-order valence-corrected chi connectivity index (χ1v) is 12.0. The van der Waals surface area contributed by atoms with Gasteiger partial charge in [0.1, 0.15) is 6.04 Å². The smallest absolute Gasteiger partial charge is 0.242 e. The Bertz CT molecular complexity index is 497. The molecule has 1 aliphatic carbocycles. The molecule has 29 heavy (non-hydrogen) atoms. The first-order valence-electron chi connectivity index (χ1n) is 12.0. The van der Waals surface area contributed by atoms with Crippen LogP contribution in [-0.4, -0.2) is 73.5 Å². The summed E-state index contributed by atoms with van der Waals surface area (Å²) in [5.74, 6) is 0.993. The highest BCUT2D eigenvalue weighted by Crippen LogP contribution is 2.28. The summed E-state index contributed by atoms with van der Waals surface area (Å²) in [4.78, 5) is 30.5. The normalized spacial score (nSPS) is 25.9. The van der Waals surface area contributed by atoms with Crippen LogP contribution >= 0.6 is 0 Å². The van der Waals surface area contributed by atoms with Gasteiger partial charge in [-0.25, -0.2) is 0 Å². The standard InChI is InChI=1S/C23H44N4O2/c1-5-19(4)21(25-22(28)20-10-8-18(3)9-11-20)23(29)24-12-7-13-27-16-14-26(6-2)15-17-27/h18-21H,5-17H2,1-4H3,(H,24,29)(H,25,28)/t18?,19-,20?,21-/m1/s1. The summed E-state index contributed by atoms with van der Waals surface area (Å²) in [5.41, 5.74) is 0. The third kappa shape index (κ3) is 7.89. The molecule has 2 aliphatic rings. The van der Waals surface area contributed by atoms with Crippen LogP contribution in [0.1, 0.15) is 66.2 Å². The van der Waals surface area contributed by atoms with Crippen molar-refractivity contribution in [3.63, 3.8) is 0 Å². The maximum atomic E-state index is 12.8. The molecule has 2 N–H and O–H groups in total. The third-order valence-corrected chi connectivity index (χ3v) is 7.04. The summed E-state index contributed by atoms with van der Waals surface area (Å²) < 4.78 is 0. The fourth-order valence-corrected chi connectivity index (χ4v) is 4.45. The van der Waals surface area contributed by atoms with Crippen LogP contribution in [-0.2, 0) is 9.59 Å². The lowest BCUT2D eigenvalue weighted by atomic mass is 9.82. The van der Waals surface area contributed by atoms with E-state index in [0.717, 1.165) is 83.7 Å². The Morgan fingerprint density at radius 2 is 1.62 bits per heavy atom. The molecule has 0 aromatic carbocycles. The van der Waals surface area contributed by atoms with Crippen LogP contribution < -0.4 is 10.6 Å². The second-order valence-corrected chi connectivity index (χ2v) is 9.25. The summed E-state index contributed by atoms with van der Waals surface area (Å²) in [6.07, 6.45) is 5.97. The van der Waals surface area contributed by atoms with E-state index in [1.165, 1.54) is 0 Å². The number of likely N-dealkylation sites (N-methyl/N-ethyl adjacent to an activating group) is 1. The molecule has 0 spiro atoms. The number of hydrogen-bond acceptors (Lipinski definition) is 4. The van der Waals surface area contributed by atoms with Crippen molar-refractivity contribution in [3.8, 4) is 0 Å². The molecule has 0 bridgehead atoms. The Labute approximate surface area is 178 Å². The number of carbonyl (C=O) groups excluding carboxylic acids is 2. The van der Waals surface area contributed by atoms with Crippen molar-refractivity contribution < 1.29 is 9.59 Å². The second-order valence-electron chi connectivity index (χ2n) is 9.25. The molecule has 0 aromatic heterocycles. The fourth-order valence-electron chi connectivity index (χ4n) is 4.45. The van der Waals surface area contributed by atoms with Crippen LogP contribution in [0.25, 0.3) is 0 Å². The number of piperazine rings is 1. The Kier molecular flexibility index (Phi) is 10.4. The van der Waals surface area contributed by atoms with Gasteiger partial charge in [0.2, 0.25) is 11.8 Å². The molecule has 1 saturated heterocycles. The quantitative estimate of drug-likeness (QED) is 0.545. The Hall–Kier alpha value is -1.14. The van der Waals surface area contributed by atoms with E-state index in [4.69, 9.17) is 0 Å². The lowest BCUT2D eigenvalue weighted by Crippen LogP contribution is -2.52. The Morgan fingerprint density at radius 3 is 2.21 bits per heavy atom. The van der Waals surface area contributed by atoms with Gasteiger partial charge in [-0.1, -0.05) is 34.1 Å². The zero-order chi connectivity index (χ0) is 21.2. The van der Waals surface area contributed by atoms with Crippen molar-refractivity contribution >= 4 is 11.8 Å². The van der Waals surface area contributed by atoms with E-state index >= 15 is 0 Å². The molecule has 168 valence electrons. The van der Waals surface area contributed by atoms with Crippen LogP contribution in [0.15, 0.2) is 0 Å². The highest BCUT2D eigenvalue weighted by atomic mass is 16.2. The van der Waals surface area contributed by atoms with Gasteiger partial charge in [-0.2, -0.15) is 0 Å². The zero-order valence-corrected chi connectivity index (χ0v) is 19.2. The van der Waals surface area contributed by atoms with Gasteiger partial charge in [0.05, 0.1) is 0 Å². The largest absolute Gasteiger partial charge is 0.354 e. The van der Waals surface area contributed by atoms with Crippen molar-refractivity contribution in [3.05, 3.63) is 0 Å². The molecule has 2 amide bonds. The van der Waals surface area contributed by atoms with E-state index in [-0.39, 0.29) is 23.7 Å².